The second-order valence-corrected chi connectivity index (χ2v) is 6.07. The van der Waals surface area contributed by atoms with Gasteiger partial charge in [0.1, 0.15) is 11.0 Å². The van der Waals surface area contributed by atoms with Crippen molar-refractivity contribution < 1.29 is 19.8 Å². The van der Waals surface area contributed by atoms with E-state index >= 15 is 0 Å². The van der Waals surface area contributed by atoms with Crippen LogP contribution in [-0.4, -0.2) is 38.2 Å². The number of nitrogens with zero attached hydrogens (tertiary/aromatic N) is 2. The number of carbonyl (C=O) groups excluding carboxylic acids is 1. The van der Waals surface area contributed by atoms with E-state index in [-0.39, 0.29) is 17.3 Å². The van der Waals surface area contributed by atoms with Crippen LogP contribution in [0.2, 0.25) is 5.02 Å². The van der Waals surface area contributed by atoms with Gasteiger partial charge >= 0.3 is 5.97 Å². The zero-order valence-electron chi connectivity index (χ0n) is 11.4. The average Bonchev–Trinajstić information content (AvgIpc) is 2.78. The number of hydrogen-bond acceptors (Lipinski definition) is 6. The molecule has 0 bridgehead atoms. The van der Waals surface area contributed by atoms with Crippen molar-refractivity contribution in [3.05, 3.63) is 28.8 Å². The fourth-order valence-electron chi connectivity index (χ4n) is 1.72. The van der Waals surface area contributed by atoms with Crippen LogP contribution in [0.15, 0.2) is 28.4 Å². The summed E-state index contributed by atoms with van der Waals surface area (Å²) in [5.41, 5.74) is 0.831. The number of carboxylic acids is 1. The van der Waals surface area contributed by atoms with Crippen molar-refractivity contribution in [2.24, 2.45) is 10.2 Å². The van der Waals surface area contributed by atoms with Gasteiger partial charge in [-0.1, -0.05) is 23.4 Å². The Morgan fingerprint density at radius 3 is 2.91 bits per heavy atom. The van der Waals surface area contributed by atoms with Crippen molar-refractivity contribution in [3.8, 4) is 5.75 Å². The number of carboxylic acid groups (broad SMARTS) is 1. The van der Waals surface area contributed by atoms with Crippen molar-refractivity contribution in [1.82, 2.24) is 5.32 Å². The molecular weight excluding hydrogens is 330 g/mol. The van der Waals surface area contributed by atoms with Gasteiger partial charge in [0.05, 0.1) is 12.1 Å². The first-order valence-electron chi connectivity index (χ1n) is 6.17. The van der Waals surface area contributed by atoms with Gasteiger partial charge in [0, 0.05) is 10.6 Å². The summed E-state index contributed by atoms with van der Waals surface area (Å²) in [7, 11) is 0. The van der Waals surface area contributed by atoms with Crippen LogP contribution in [0.3, 0.4) is 0 Å². The van der Waals surface area contributed by atoms with Gasteiger partial charge in [-0.15, -0.1) is 5.10 Å². The van der Waals surface area contributed by atoms with Gasteiger partial charge in [-0.25, -0.2) is 0 Å². The van der Waals surface area contributed by atoms with E-state index in [0.29, 0.717) is 16.3 Å². The summed E-state index contributed by atoms with van der Waals surface area (Å²) in [5, 5.41) is 28.7. The molecule has 1 aliphatic heterocycles. The number of hydrogen-bond donors (Lipinski definition) is 3. The summed E-state index contributed by atoms with van der Waals surface area (Å²) < 4.78 is 0. The third-order valence-electron chi connectivity index (χ3n) is 2.78. The molecule has 1 aromatic rings. The number of aromatic hydroxyl groups is 1. The van der Waals surface area contributed by atoms with Gasteiger partial charge in [0.25, 0.3) is 0 Å². The number of aliphatic carboxylic acids is 1. The van der Waals surface area contributed by atoms with Crippen LogP contribution in [0.4, 0.5) is 0 Å². The monoisotopic (exact) mass is 341 g/mol. The Balaban J connectivity index is 2.15. The fraction of sp³-hybridized carbons (Fsp3) is 0.231. The molecule has 1 saturated heterocycles. The first-order valence-corrected chi connectivity index (χ1v) is 7.43. The molecular formula is C13H12ClN3O4S. The summed E-state index contributed by atoms with van der Waals surface area (Å²) in [4.78, 5) is 22.2. The summed E-state index contributed by atoms with van der Waals surface area (Å²) in [6.45, 7) is 1.63. The molecule has 1 amide bonds. The number of amides is 1. The molecule has 1 fully saturated rings. The number of benzene rings is 1. The lowest BCUT2D eigenvalue weighted by atomic mass is 10.1. The van der Waals surface area contributed by atoms with Crippen LogP contribution in [0.5, 0.6) is 5.75 Å². The Bertz CT molecular complexity index is 690. The molecule has 0 aliphatic carbocycles. The number of rotatable bonds is 4. The number of thioether (sulfide) groups is 1. The van der Waals surface area contributed by atoms with E-state index in [9.17, 15) is 14.7 Å². The van der Waals surface area contributed by atoms with Crippen LogP contribution in [-0.2, 0) is 9.59 Å². The number of halogens is 1. The Kier molecular flexibility index (Phi) is 5.04. The number of amidine groups is 1. The molecule has 0 unspecified atom stereocenters. The van der Waals surface area contributed by atoms with Crippen molar-refractivity contribution in [2.75, 3.05) is 0 Å². The molecule has 3 N–H and O–H groups in total. The molecule has 116 valence electrons. The number of nitrogens with one attached hydrogen (secondary N) is 1. The van der Waals surface area contributed by atoms with Gasteiger partial charge < -0.3 is 15.5 Å². The van der Waals surface area contributed by atoms with Gasteiger partial charge in [0.15, 0.2) is 5.17 Å². The SMILES string of the molecule is C/C(=N/N=C1/NC(=O)[C@@H](CC(=O)O)S1)c1cc(Cl)ccc1O. The standard InChI is InChI=1S/C13H12ClN3O4S/c1-6(8-4-7(14)2-3-9(8)18)16-17-13-15-12(21)10(22-13)5-11(19)20/h2-4,10,18H,5H2,1H3,(H,19,20)(H,15,17,21)/b16-6-/t10-/m1/s1. The predicted molar refractivity (Wildman–Crippen MR) is 84.5 cm³/mol. The summed E-state index contributed by atoms with van der Waals surface area (Å²) in [6.07, 6.45) is -0.284. The molecule has 0 saturated carbocycles. The molecule has 1 aromatic carbocycles. The molecule has 0 aromatic heterocycles. The van der Waals surface area contributed by atoms with Crippen LogP contribution in [0, 0.1) is 0 Å². The Morgan fingerprint density at radius 2 is 2.23 bits per heavy atom. The largest absolute Gasteiger partial charge is 0.507 e. The van der Waals surface area contributed by atoms with Crippen molar-refractivity contribution in [3.63, 3.8) is 0 Å². The first-order chi connectivity index (χ1) is 10.4. The third-order valence-corrected chi connectivity index (χ3v) is 4.08. The number of phenols is 1. The second-order valence-electron chi connectivity index (χ2n) is 4.45. The van der Waals surface area contributed by atoms with Crippen LogP contribution in [0.25, 0.3) is 0 Å². The van der Waals surface area contributed by atoms with Crippen molar-refractivity contribution in [1.29, 1.82) is 0 Å². The number of carbonyl (C=O) groups is 2. The van der Waals surface area contributed by atoms with E-state index in [4.69, 9.17) is 16.7 Å². The van der Waals surface area contributed by atoms with Gasteiger partial charge in [0.2, 0.25) is 5.91 Å². The lowest BCUT2D eigenvalue weighted by Crippen LogP contribution is -2.26. The van der Waals surface area contributed by atoms with Crippen LogP contribution in [0.1, 0.15) is 18.9 Å². The lowest BCUT2D eigenvalue weighted by Gasteiger charge is -2.03. The molecule has 22 heavy (non-hydrogen) atoms. The topological polar surface area (TPSA) is 111 Å². The quantitative estimate of drug-likeness (QED) is 0.571. The van der Waals surface area contributed by atoms with E-state index in [0.717, 1.165) is 11.8 Å². The third kappa shape index (κ3) is 3.99. The molecule has 1 heterocycles. The normalized spacial score (nSPS) is 20.3. The zero-order valence-corrected chi connectivity index (χ0v) is 13.0. The average molecular weight is 342 g/mol. The van der Waals surface area contributed by atoms with E-state index in [1.807, 2.05) is 0 Å². The molecule has 7 nitrogen and oxygen atoms in total. The highest BCUT2D eigenvalue weighted by molar-refractivity contribution is 8.15. The summed E-state index contributed by atoms with van der Waals surface area (Å²) in [5.74, 6) is -1.46. The fourth-order valence-corrected chi connectivity index (χ4v) is 2.80. The maximum Gasteiger partial charge on any atom is 0.305 e. The first kappa shape index (κ1) is 16.3. The highest BCUT2D eigenvalue weighted by Crippen LogP contribution is 2.24. The van der Waals surface area contributed by atoms with E-state index in [1.165, 1.54) is 6.07 Å². The molecule has 0 spiro atoms. The minimum absolute atomic E-state index is 0.0118. The lowest BCUT2D eigenvalue weighted by molar-refractivity contribution is -0.138. The van der Waals surface area contributed by atoms with E-state index in [2.05, 4.69) is 15.5 Å². The van der Waals surface area contributed by atoms with E-state index < -0.39 is 17.1 Å². The minimum Gasteiger partial charge on any atom is -0.507 e. The number of phenolic OH excluding ortho intramolecular Hbond substituents is 1. The van der Waals surface area contributed by atoms with E-state index in [1.54, 1.807) is 19.1 Å². The summed E-state index contributed by atoms with van der Waals surface area (Å²) in [6, 6.07) is 4.53. The maximum absolute atomic E-state index is 11.6. The highest BCUT2D eigenvalue weighted by Gasteiger charge is 2.32. The molecule has 1 aliphatic rings. The van der Waals surface area contributed by atoms with Crippen LogP contribution < -0.4 is 5.32 Å². The van der Waals surface area contributed by atoms with Gasteiger partial charge in [-0.2, -0.15) is 5.10 Å². The van der Waals surface area contributed by atoms with Gasteiger partial charge in [-0.3, -0.25) is 9.59 Å². The minimum atomic E-state index is -1.06. The molecule has 9 heteroatoms. The zero-order chi connectivity index (χ0) is 16.3. The predicted octanol–water partition coefficient (Wildman–Crippen LogP) is 1.83. The van der Waals surface area contributed by atoms with Crippen molar-refractivity contribution >= 4 is 46.1 Å². The molecule has 1 atom stereocenters. The van der Waals surface area contributed by atoms with Crippen molar-refractivity contribution in [2.45, 2.75) is 18.6 Å². The summed E-state index contributed by atoms with van der Waals surface area (Å²) >= 11 is 6.86. The van der Waals surface area contributed by atoms with Crippen LogP contribution >= 0.6 is 23.4 Å². The highest BCUT2D eigenvalue weighted by atomic mass is 35.5. The Hall–Kier alpha value is -2.06. The van der Waals surface area contributed by atoms with Gasteiger partial charge in [-0.05, 0) is 25.1 Å². The molecule has 2 rings (SSSR count). The maximum atomic E-state index is 11.6. The second kappa shape index (κ2) is 6.80. The molecule has 0 radical (unpaired) electrons. The Morgan fingerprint density at radius 1 is 1.50 bits per heavy atom. The Labute approximate surface area is 135 Å². The smallest absolute Gasteiger partial charge is 0.305 e.